The van der Waals surface area contributed by atoms with E-state index in [0.29, 0.717) is 29.7 Å². The zero-order valence-electron chi connectivity index (χ0n) is 12.2. The summed E-state index contributed by atoms with van der Waals surface area (Å²) >= 11 is 0.657. The summed E-state index contributed by atoms with van der Waals surface area (Å²) in [5, 5.41) is 7.16. The van der Waals surface area contributed by atoms with Crippen LogP contribution in [-0.2, 0) is 24.7 Å². The molecule has 0 aliphatic carbocycles. The molecular formula is C12H18N2O5S3. The van der Waals surface area contributed by atoms with Crippen LogP contribution in [0.1, 0.15) is 44.7 Å². The highest BCUT2D eigenvalue weighted by Gasteiger charge is 2.41. The molecule has 0 fully saturated rings. The minimum absolute atomic E-state index is 0.0000231. The van der Waals surface area contributed by atoms with Crippen LogP contribution in [0.25, 0.3) is 0 Å². The molecule has 0 radical (unpaired) electrons. The number of thiophene rings is 1. The highest BCUT2D eigenvalue weighted by atomic mass is 32.3. The summed E-state index contributed by atoms with van der Waals surface area (Å²) < 4.78 is 48.1. The molecule has 0 bridgehead atoms. The van der Waals surface area contributed by atoms with Crippen molar-refractivity contribution in [2.45, 2.75) is 52.8 Å². The Balaban J connectivity index is 2.61. The van der Waals surface area contributed by atoms with Crippen molar-refractivity contribution in [3.63, 3.8) is 0 Å². The third kappa shape index (κ3) is 3.19. The molecular weight excluding hydrogens is 348 g/mol. The van der Waals surface area contributed by atoms with E-state index in [4.69, 9.17) is 5.14 Å². The molecule has 0 saturated carbocycles. The maximum Gasteiger partial charge on any atom is 0.247 e. The standard InChI is InChI=1S/C12H18N2O5S3/c1-3-4-8-5-10(14-7(2)15)9-6-11(22(13,18)19)20-12(9)21(8,16)17/h6,8,10H,3-5H2,1-2H3,(H,14,15)(H2,13,18,19). The lowest BCUT2D eigenvalue weighted by Gasteiger charge is -2.29. The predicted molar refractivity (Wildman–Crippen MR) is 82.7 cm³/mol. The molecule has 124 valence electrons. The van der Waals surface area contributed by atoms with Crippen LogP contribution < -0.4 is 10.5 Å². The van der Waals surface area contributed by atoms with E-state index in [9.17, 15) is 21.6 Å². The molecule has 1 aromatic rings. The normalized spacial score (nSPS) is 23.8. The van der Waals surface area contributed by atoms with Crippen LogP contribution >= 0.6 is 11.3 Å². The maximum atomic E-state index is 12.6. The molecule has 2 atom stereocenters. The van der Waals surface area contributed by atoms with Gasteiger partial charge in [0, 0.05) is 12.5 Å². The second-order valence-electron chi connectivity index (χ2n) is 5.30. The Hall–Kier alpha value is -0.970. The van der Waals surface area contributed by atoms with E-state index in [1.807, 2.05) is 6.92 Å². The van der Waals surface area contributed by atoms with Gasteiger partial charge in [-0.25, -0.2) is 22.0 Å². The Kier molecular flexibility index (Phi) is 4.67. The van der Waals surface area contributed by atoms with E-state index < -0.39 is 31.2 Å². The minimum Gasteiger partial charge on any atom is -0.349 e. The second kappa shape index (κ2) is 5.91. The van der Waals surface area contributed by atoms with Crippen molar-refractivity contribution in [2.24, 2.45) is 5.14 Å². The molecule has 0 aromatic carbocycles. The minimum atomic E-state index is -3.99. The van der Waals surface area contributed by atoms with Crippen LogP contribution in [0.15, 0.2) is 14.5 Å². The molecule has 0 saturated heterocycles. The number of fused-ring (bicyclic) bond motifs is 1. The van der Waals surface area contributed by atoms with E-state index >= 15 is 0 Å². The monoisotopic (exact) mass is 366 g/mol. The Morgan fingerprint density at radius 3 is 2.64 bits per heavy atom. The number of sulfone groups is 1. The molecule has 3 N–H and O–H groups in total. The van der Waals surface area contributed by atoms with Crippen molar-refractivity contribution in [1.29, 1.82) is 0 Å². The summed E-state index contributed by atoms with van der Waals surface area (Å²) in [5.74, 6) is -0.297. The lowest BCUT2D eigenvalue weighted by molar-refractivity contribution is -0.119. The van der Waals surface area contributed by atoms with Gasteiger partial charge in [-0.3, -0.25) is 4.79 Å². The molecule has 10 heteroatoms. The first kappa shape index (κ1) is 17.4. The fourth-order valence-corrected chi connectivity index (χ4v) is 7.43. The summed E-state index contributed by atoms with van der Waals surface area (Å²) in [4.78, 5) is 11.4. The number of carbonyl (C=O) groups is 1. The van der Waals surface area contributed by atoms with Gasteiger partial charge in [-0.2, -0.15) is 0 Å². The van der Waals surface area contributed by atoms with Crippen molar-refractivity contribution in [3.8, 4) is 0 Å². The summed E-state index contributed by atoms with van der Waals surface area (Å²) in [5.41, 5.74) is 0.316. The topological polar surface area (TPSA) is 123 Å². The lowest BCUT2D eigenvalue weighted by Crippen LogP contribution is -2.36. The molecule has 1 aliphatic heterocycles. The highest BCUT2D eigenvalue weighted by molar-refractivity contribution is 7.95. The van der Waals surface area contributed by atoms with Crippen molar-refractivity contribution < 1.29 is 21.6 Å². The van der Waals surface area contributed by atoms with Crippen molar-refractivity contribution in [2.75, 3.05) is 0 Å². The van der Waals surface area contributed by atoms with Crippen LogP contribution in [0.4, 0.5) is 0 Å². The van der Waals surface area contributed by atoms with E-state index in [2.05, 4.69) is 5.32 Å². The number of sulfonamides is 1. The smallest absolute Gasteiger partial charge is 0.247 e. The van der Waals surface area contributed by atoms with E-state index in [1.165, 1.54) is 13.0 Å². The molecule has 2 unspecified atom stereocenters. The maximum absolute atomic E-state index is 12.6. The van der Waals surface area contributed by atoms with Crippen molar-refractivity contribution in [3.05, 3.63) is 11.6 Å². The third-order valence-corrected chi connectivity index (χ3v) is 8.91. The van der Waals surface area contributed by atoms with E-state index in [0.717, 1.165) is 0 Å². The molecule has 2 rings (SSSR count). The fourth-order valence-electron chi connectivity index (χ4n) is 2.62. The summed E-state index contributed by atoms with van der Waals surface area (Å²) in [6.45, 7) is 3.22. The first-order chi connectivity index (χ1) is 10.1. The number of nitrogens with one attached hydrogen (secondary N) is 1. The number of nitrogens with two attached hydrogens (primary N) is 1. The lowest BCUT2D eigenvalue weighted by atomic mass is 10.0. The Morgan fingerprint density at radius 1 is 1.50 bits per heavy atom. The van der Waals surface area contributed by atoms with Crippen LogP contribution in [0.5, 0.6) is 0 Å². The number of primary sulfonamides is 1. The number of carbonyl (C=O) groups excluding carboxylic acids is 1. The predicted octanol–water partition coefficient (Wildman–Crippen LogP) is 0.919. The van der Waals surface area contributed by atoms with Crippen LogP contribution in [0, 0.1) is 0 Å². The van der Waals surface area contributed by atoms with Gasteiger partial charge in [0.25, 0.3) is 0 Å². The van der Waals surface area contributed by atoms with Gasteiger partial charge in [-0.05, 0) is 18.9 Å². The highest BCUT2D eigenvalue weighted by Crippen LogP contribution is 2.43. The Bertz CT molecular complexity index is 795. The van der Waals surface area contributed by atoms with E-state index in [-0.39, 0.29) is 20.7 Å². The van der Waals surface area contributed by atoms with Crippen LogP contribution in [-0.4, -0.2) is 28.0 Å². The van der Waals surface area contributed by atoms with Crippen LogP contribution in [0.2, 0.25) is 0 Å². The molecule has 1 aliphatic rings. The number of hydrogen-bond donors (Lipinski definition) is 2. The average molecular weight is 366 g/mol. The van der Waals surface area contributed by atoms with Gasteiger partial charge < -0.3 is 5.32 Å². The SMILES string of the molecule is CCCC1CC(NC(C)=O)c2cc(S(N)(=O)=O)sc2S1(=O)=O. The first-order valence-electron chi connectivity index (χ1n) is 6.75. The number of amides is 1. The van der Waals surface area contributed by atoms with Gasteiger partial charge in [0.1, 0.15) is 8.42 Å². The van der Waals surface area contributed by atoms with Gasteiger partial charge in [0.2, 0.25) is 15.9 Å². The van der Waals surface area contributed by atoms with Gasteiger partial charge in [-0.15, -0.1) is 11.3 Å². The molecule has 2 heterocycles. The summed E-state index contributed by atoms with van der Waals surface area (Å²) in [7, 11) is -7.59. The van der Waals surface area contributed by atoms with Gasteiger partial charge >= 0.3 is 0 Å². The van der Waals surface area contributed by atoms with Crippen molar-refractivity contribution >= 4 is 37.1 Å². The molecule has 22 heavy (non-hydrogen) atoms. The second-order valence-corrected chi connectivity index (χ2v) is 10.6. The Morgan fingerprint density at radius 2 is 2.14 bits per heavy atom. The Labute approximate surface area is 133 Å². The quantitative estimate of drug-likeness (QED) is 0.820. The van der Waals surface area contributed by atoms with Crippen molar-refractivity contribution in [1.82, 2.24) is 5.32 Å². The molecule has 1 aromatic heterocycles. The largest absolute Gasteiger partial charge is 0.349 e. The number of rotatable bonds is 4. The number of hydrogen-bond acceptors (Lipinski definition) is 6. The van der Waals surface area contributed by atoms with Gasteiger partial charge in [-0.1, -0.05) is 13.3 Å². The van der Waals surface area contributed by atoms with Crippen LogP contribution in [0.3, 0.4) is 0 Å². The molecule has 0 spiro atoms. The van der Waals surface area contributed by atoms with Gasteiger partial charge in [0.15, 0.2) is 9.84 Å². The first-order valence-corrected chi connectivity index (χ1v) is 10.7. The summed E-state index contributed by atoms with van der Waals surface area (Å²) in [6, 6.07) is 0.745. The average Bonchev–Trinajstić information content (AvgIpc) is 2.81. The molecule has 1 amide bonds. The fraction of sp³-hybridized carbons (Fsp3) is 0.583. The van der Waals surface area contributed by atoms with E-state index in [1.54, 1.807) is 0 Å². The zero-order chi connectivity index (χ0) is 16.7. The molecule has 7 nitrogen and oxygen atoms in total. The third-order valence-electron chi connectivity index (χ3n) is 3.54. The van der Waals surface area contributed by atoms with Gasteiger partial charge in [0.05, 0.1) is 11.3 Å². The summed E-state index contributed by atoms with van der Waals surface area (Å²) in [6.07, 6.45) is 1.38. The zero-order valence-corrected chi connectivity index (χ0v) is 14.6.